The maximum Gasteiger partial charge on any atom is 0.275 e. The minimum absolute atomic E-state index is 0.171. The van der Waals surface area contributed by atoms with Gasteiger partial charge in [0.2, 0.25) is 0 Å². The molecule has 0 atom stereocenters. The van der Waals surface area contributed by atoms with Crippen molar-refractivity contribution in [2.24, 2.45) is 0 Å². The van der Waals surface area contributed by atoms with Gasteiger partial charge in [0.05, 0.1) is 10.7 Å². The number of nitrogens with zero attached hydrogens (tertiary/aromatic N) is 1. The van der Waals surface area contributed by atoms with E-state index in [-0.39, 0.29) is 11.6 Å². The lowest BCUT2D eigenvalue weighted by atomic mass is 10.3. The molecule has 0 unspecified atom stereocenters. The fourth-order valence-corrected chi connectivity index (χ4v) is 2.71. The molecule has 0 spiro atoms. The van der Waals surface area contributed by atoms with Crippen molar-refractivity contribution in [1.29, 1.82) is 0 Å². The molecule has 104 valence electrons. The topological polar surface area (TPSA) is 54.0 Å². The lowest BCUT2D eigenvalue weighted by molar-refractivity contribution is 0.102. The standard InChI is InChI=1S/C13H10Cl2IN3O/c1-17-11-5-3-8(15)12(19-11)13(20)18-10-4-2-7(14)6-9(10)16/h2-6H,1H3,(H,17,19)(H,18,20). The molecule has 0 aliphatic carbocycles. The summed E-state index contributed by atoms with van der Waals surface area (Å²) in [6.07, 6.45) is 0. The van der Waals surface area contributed by atoms with E-state index in [0.29, 0.717) is 21.6 Å². The normalized spacial score (nSPS) is 10.2. The molecule has 0 fully saturated rings. The van der Waals surface area contributed by atoms with Gasteiger partial charge in [-0.25, -0.2) is 4.98 Å². The maximum atomic E-state index is 12.2. The van der Waals surface area contributed by atoms with E-state index in [1.807, 2.05) is 0 Å². The van der Waals surface area contributed by atoms with Crippen LogP contribution in [0, 0.1) is 3.57 Å². The summed E-state index contributed by atoms with van der Waals surface area (Å²) >= 11 is 14.0. The molecule has 1 aromatic heterocycles. The summed E-state index contributed by atoms with van der Waals surface area (Å²) < 4.78 is 0.837. The zero-order valence-corrected chi connectivity index (χ0v) is 14.0. The van der Waals surface area contributed by atoms with Crippen LogP contribution in [0.3, 0.4) is 0 Å². The Bertz CT molecular complexity index is 664. The molecule has 2 rings (SSSR count). The van der Waals surface area contributed by atoms with Gasteiger partial charge in [-0.05, 0) is 52.9 Å². The van der Waals surface area contributed by atoms with E-state index in [9.17, 15) is 4.79 Å². The van der Waals surface area contributed by atoms with Gasteiger partial charge >= 0.3 is 0 Å². The van der Waals surface area contributed by atoms with Crippen molar-refractivity contribution in [1.82, 2.24) is 4.98 Å². The third-order valence-corrected chi connectivity index (χ3v) is 3.93. The molecular formula is C13H10Cl2IN3O. The molecule has 1 heterocycles. The Labute approximate surface area is 140 Å². The molecule has 1 aromatic carbocycles. The van der Waals surface area contributed by atoms with Gasteiger partial charge in [0.15, 0.2) is 0 Å². The quantitative estimate of drug-likeness (QED) is 0.727. The highest BCUT2D eigenvalue weighted by Gasteiger charge is 2.14. The summed E-state index contributed by atoms with van der Waals surface area (Å²) in [6.45, 7) is 0. The molecule has 0 saturated carbocycles. The molecule has 0 aliphatic heterocycles. The number of nitrogens with one attached hydrogen (secondary N) is 2. The number of amides is 1. The van der Waals surface area contributed by atoms with Crippen LogP contribution < -0.4 is 10.6 Å². The number of benzene rings is 1. The van der Waals surface area contributed by atoms with Crippen molar-refractivity contribution < 1.29 is 4.79 Å². The molecule has 4 nitrogen and oxygen atoms in total. The summed E-state index contributed by atoms with van der Waals surface area (Å²) in [7, 11) is 1.72. The zero-order valence-electron chi connectivity index (χ0n) is 10.4. The summed E-state index contributed by atoms with van der Waals surface area (Å²) in [5, 5.41) is 6.54. The van der Waals surface area contributed by atoms with Crippen molar-refractivity contribution in [2.45, 2.75) is 0 Å². The van der Waals surface area contributed by atoms with Gasteiger partial charge in [-0.1, -0.05) is 23.2 Å². The molecule has 0 radical (unpaired) electrons. The van der Waals surface area contributed by atoms with Crippen LogP contribution in [0.1, 0.15) is 10.5 Å². The average Bonchev–Trinajstić information content (AvgIpc) is 2.42. The predicted octanol–water partition coefficient (Wildman–Crippen LogP) is 4.29. The number of aromatic nitrogens is 1. The van der Waals surface area contributed by atoms with Crippen LogP contribution in [-0.2, 0) is 0 Å². The van der Waals surface area contributed by atoms with E-state index < -0.39 is 0 Å². The van der Waals surface area contributed by atoms with E-state index in [1.165, 1.54) is 0 Å². The molecule has 1 amide bonds. The Morgan fingerprint density at radius 3 is 2.65 bits per heavy atom. The molecule has 2 aromatic rings. The van der Waals surface area contributed by atoms with Crippen LogP contribution in [0.4, 0.5) is 11.5 Å². The molecule has 20 heavy (non-hydrogen) atoms. The number of carbonyl (C=O) groups excluding carboxylic acids is 1. The molecule has 0 bridgehead atoms. The van der Waals surface area contributed by atoms with E-state index in [0.717, 1.165) is 3.57 Å². The number of halogens is 3. The second-order valence-electron chi connectivity index (χ2n) is 3.86. The van der Waals surface area contributed by atoms with Crippen LogP contribution in [0.15, 0.2) is 30.3 Å². The van der Waals surface area contributed by atoms with Crippen molar-refractivity contribution in [3.8, 4) is 0 Å². The van der Waals surface area contributed by atoms with Gasteiger partial charge in [0, 0.05) is 15.6 Å². The van der Waals surface area contributed by atoms with Crippen LogP contribution in [-0.4, -0.2) is 17.9 Å². The van der Waals surface area contributed by atoms with Crippen molar-refractivity contribution in [3.05, 3.63) is 49.6 Å². The predicted molar refractivity (Wildman–Crippen MR) is 90.9 cm³/mol. The Balaban J connectivity index is 2.28. The van der Waals surface area contributed by atoms with Crippen LogP contribution >= 0.6 is 45.8 Å². The highest BCUT2D eigenvalue weighted by Crippen LogP contribution is 2.24. The van der Waals surface area contributed by atoms with Gasteiger partial charge in [-0.15, -0.1) is 0 Å². The summed E-state index contributed by atoms with van der Waals surface area (Å²) in [4.78, 5) is 16.4. The maximum absolute atomic E-state index is 12.2. The Morgan fingerprint density at radius 1 is 1.25 bits per heavy atom. The van der Waals surface area contributed by atoms with Gasteiger partial charge in [-0.2, -0.15) is 0 Å². The fraction of sp³-hybridized carbons (Fsp3) is 0.0769. The first kappa shape index (κ1) is 15.3. The monoisotopic (exact) mass is 421 g/mol. The molecule has 7 heteroatoms. The van der Waals surface area contributed by atoms with Crippen molar-refractivity contribution in [3.63, 3.8) is 0 Å². The van der Waals surface area contributed by atoms with Crippen LogP contribution in [0.5, 0.6) is 0 Å². The van der Waals surface area contributed by atoms with E-state index in [1.54, 1.807) is 37.4 Å². The van der Waals surface area contributed by atoms with Gasteiger partial charge < -0.3 is 10.6 Å². The second kappa shape index (κ2) is 6.60. The summed E-state index contributed by atoms with van der Waals surface area (Å²) in [6, 6.07) is 8.53. The SMILES string of the molecule is CNc1ccc(Cl)c(C(=O)Nc2ccc(Cl)cc2I)n1. The highest BCUT2D eigenvalue weighted by molar-refractivity contribution is 14.1. The first-order chi connectivity index (χ1) is 9.51. The largest absolute Gasteiger partial charge is 0.373 e. The van der Waals surface area contributed by atoms with E-state index >= 15 is 0 Å². The summed E-state index contributed by atoms with van der Waals surface area (Å²) in [5.41, 5.74) is 0.831. The average molecular weight is 422 g/mol. The van der Waals surface area contributed by atoms with Crippen molar-refractivity contribution in [2.75, 3.05) is 17.7 Å². The minimum Gasteiger partial charge on any atom is -0.373 e. The van der Waals surface area contributed by atoms with E-state index in [2.05, 4.69) is 38.2 Å². The van der Waals surface area contributed by atoms with Crippen LogP contribution in [0.2, 0.25) is 10.0 Å². The Kier molecular flexibility index (Phi) is 5.06. The first-order valence-electron chi connectivity index (χ1n) is 5.62. The second-order valence-corrected chi connectivity index (χ2v) is 5.86. The third-order valence-electron chi connectivity index (χ3n) is 2.50. The number of carbonyl (C=O) groups is 1. The lowest BCUT2D eigenvalue weighted by Gasteiger charge is -2.09. The highest BCUT2D eigenvalue weighted by atomic mass is 127. The first-order valence-corrected chi connectivity index (χ1v) is 7.45. The third kappa shape index (κ3) is 3.53. The van der Waals surface area contributed by atoms with Crippen LogP contribution in [0.25, 0.3) is 0 Å². The molecule has 0 saturated heterocycles. The lowest BCUT2D eigenvalue weighted by Crippen LogP contribution is -2.15. The number of hydrogen-bond acceptors (Lipinski definition) is 3. The number of pyridine rings is 1. The van der Waals surface area contributed by atoms with Crippen molar-refractivity contribution >= 4 is 63.2 Å². The minimum atomic E-state index is -0.368. The number of hydrogen-bond donors (Lipinski definition) is 2. The van der Waals surface area contributed by atoms with Gasteiger partial charge in [0.25, 0.3) is 5.91 Å². The molecule has 2 N–H and O–H groups in total. The summed E-state index contributed by atoms with van der Waals surface area (Å²) in [5.74, 6) is 0.206. The molecule has 0 aliphatic rings. The Morgan fingerprint density at radius 2 is 2.00 bits per heavy atom. The molecular weight excluding hydrogens is 412 g/mol. The Hall–Kier alpha value is -1.05. The zero-order chi connectivity index (χ0) is 14.7. The number of rotatable bonds is 3. The van der Waals surface area contributed by atoms with Gasteiger partial charge in [-0.3, -0.25) is 4.79 Å². The van der Waals surface area contributed by atoms with E-state index in [4.69, 9.17) is 23.2 Å². The smallest absolute Gasteiger partial charge is 0.275 e. The fourth-order valence-electron chi connectivity index (χ4n) is 1.51. The number of anilines is 2. The van der Waals surface area contributed by atoms with Gasteiger partial charge in [0.1, 0.15) is 11.5 Å².